The number of rotatable bonds is 1. The van der Waals surface area contributed by atoms with Gasteiger partial charge in [0.15, 0.2) is 0 Å². The number of anilines is 2. The van der Waals surface area contributed by atoms with Gasteiger partial charge in [0.25, 0.3) is 0 Å². The van der Waals surface area contributed by atoms with Gasteiger partial charge >= 0.3 is 0 Å². The maximum Gasteiger partial charge on any atom is 0.0815 e. The van der Waals surface area contributed by atoms with E-state index in [0.717, 1.165) is 30.9 Å². The first-order chi connectivity index (χ1) is 8.16. The summed E-state index contributed by atoms with van der Waals surface area (Å²) in [6.07, 6.45) is 0.982. The molecule has 0 spiro atoms. The SMILES string of the molecule is Nc1ccc(N2CCCC(O)C(O)CC2)cc1. The minimum absolute atomic E-state index is 0.566. The Morgan fingerprint density at radius 2 is 1.65 bits per heavy atom. The van der Waals surface area contributed by atoms with E-state index in [1.165, 1.54) is 0 Å². The van der Waals surface area contributed by atoms with E-state index >= 15 is 0 Å². The highest BCUT2D eigenvalue weighted by molar-refractivity contribution is 5.53. The van der Waals surface area contributed by atoms with Gasteiger partial charge in [-0.25, -0.2) is 0 Å². The lowest BCUT2D eigenvalue weighted by molar-refractivity contribution is 0.00734. The Labute approximate surface area is 102 Å². The first kappa shape index (κ1) is 12.2. The molecule has 0 aromatic heterocycles. The molecule has 4 heteroatoms. The summed E-state index contributed by atoms with van der Waals surface area (Å²) in [5.41, 5.74) is 7.55. The van der Waals surface area contributed by atoms with Crippen molar-refractivity contribution in [1.29, 1.82) is 0 Å². The van der Waals surface area contributed by atoms with Crippen LogP contribution in [0.15, 0.2) is 24.3 Å². The Morgan fingerprint density at radius 3 is 2.35 bits per heavy atom. The summed E-state index contributed by atoms with van der Waals surface area (Å²) in [6.45, 7) is 1.68. The van der Waals surface area contributed by atoms with Crippen LogP contribution in [0.25, 0.3) is 0 Å². The Balaban J connectivity index is 2.03. The zero-order valence-corrected chi connectivity index (χ0v) is 9.92. The minimum atomic E-state index is -0.605. The number of hydrogen-bond acceptors (Lipinski definition) is 4. The van der Waals surface area contributed by atoms with Crippen LogP contribution in [0.4, 0.5) is 11.4 Å². The molecule has 2 atom stereocenters. The van der Waals surface area contributed by atoms with Gasteiger partial charge in [0.05, 0.1) is 12.2 Å². The van der Waals surface area contributed by atoms with Gasteiger partial charge in [-0.05, 0) is 43.5 Å². The Morgan fingerprint density at radius 1 is 1.00 bits per heavy atom. The number of nitrogens with zero attached hydrogens (tertiary/aromatic N) is 1. The van der Waals surface area contributed by atoms with Crippen molar-refractivity contribution in [1.82, 2.24) is 0 Å². The third-order valence-electron chi connectivity index (χ3n) is 3.33. The second-order valence-corrected chi connectivity index (χ2v) is 4.64. The minimum Gasteiger partial charge on any atom is -0.399 e. The number of hydrogen-bond donors (Lipinski definition) is 3. The molecule has 0 radical (unpaired) electrons. The maximum absolute atomic E-state index is 9.69. The zero-order chi connectivity index (χ0) is 12.3. The molecule has 1 aliphatic rings. The van der Waals surface area contributed by atoms with Crippen molar-refractivity contribution in [2.75, 3.05) is 23.7 Å². The number of nitrogens with two attached hydrogens (primary N) is 1. The standard InChI is InChI=1S/C13H20N2O2/c14-10-3-5-11(6-4-10)15-8-1-2-12(16)13(17)7-9-15/h3-6,12-13,16-17H,1-2,7-9,14H2. The second-order valence-electron chi connectivity index (χ2n) is 4.64. The Kier molecular flexibility index (Phi) is 3.86. The van der Waals surface area contributed by atoms with Crippen LogP contribution in [0.3, 0.4) is 0 Å². The van der Waals surface area contributed by atoms with E-state index in [-0.39, 0.29) is 0 Å². The maximum atomic E-state index is 9.69. The smallest absolute Gasteiger partial charge is 0.0815 e. The third-order valence-corrected chi connectivity index (χ3v) is 3.33. The molecule has 0 amide bonds. The molecule has 1 heterocycles. The van der Waals surface area contributed by atoms with E-state index in [2.05, 4.69) is 4.90 Å². The lowest BCUT2D eigenvalue weighted by atomic mass is 10.0. The number of nitrogen functional groups attached to an aromatic ring is 1. The Bertz CT molecular complexity index is 353. The van der Waals surface area contributed by atoms with Crippen LogP contribution in [0.2, 0.25) is 0 Å². The van der Waals surface area contributed by atoms with Crippen LogP contribution >= 0.6 is 0 Å². The van der Waals surface area contributed by atoms with E-state index < -0.39 is 12.2 Å². The molecule has 2 unspecified atom stereocenters. The molecule has 1 saturated heterocycles. The molecule has 0 aliphatic carbocycles. The predicted octanol–water partition coefficient (Wildman–Crippen LogP) is 0.981. The Hall–Kier alpha value is -1.26. The number of aliphatic hydroxyl groups excluding tert-OH is 2. The number of benzene rings is 1. The monoisotopic (exact) mass is 236 g/mol. The van der Waals surface area contributed by atoms with Gasteiger partial charge in [-0.3, -0.25) is 0 Å². The molecule has 1 fully saturated rings. The topological polar surface area (TPSA) is 69.7 Å². The van der Waals surface area contributed by atoms with E-state index in [1.54, 1.807) is 0 Å². The van der Waals surface area contributed by atoms with Crippen LogP contribution in [-0.2, 0) is 0 Å². The average Bonchev–Trinajstić information content (AvgIpc) is 2.32. The summed E-state index contributed by atoms with van der Waals surface area (Å²) in [5, 5.41) is 19.3. The molecule has 4 nitrogen and oxygen atoms in total. The highest BCUT2D eigenvalue weighted by atomic mass is 16.3. The van der Waals surface area contributed by atoms with Crippen molar-refractivity contribution in [2.24, 2.45) is 0 Å². The fourth-order valence-corrected chi connectivity index (χ4v) is 2.22. The molecule has 1 aromatic carbocycles. The normalized spacial score (nSPS) is 26.4. The van der Waals surface area contributed by atoms with E-state index in [1.807, 2.05) is 24.3 Å². The lowest BCUT2D eigenvalue weighted by Crippen LogP contribution is -2.36. The van der Waals surface area contributed by atoms with E-state index in [4.69, 9.17) is 5.73 Å². The molecular formula is C13H20N2O2. The highest BCUT2D eigenvalue weighted by Crippen LogP contribution is 2.20. The summed E-state index contributed by atoms with van der Waals surface area (Å²) in [5.74, 6) is 0. The highest BCUT2D eigenvalue weighted by Gasteiger charge is 2.20. The fourth-order valence-electron chi connectivity index (χ4n) is 2.22. The third kappa shape index (κ3) is 3.11. The summed E-state index contributed by atoms with van der Waals surface area (Å²) in [7, 11) is 0. The van der Waals surface area contributed by atoms with Crippen molar-refractivity contribution in [3.63, 3.8) is 0 Å². The molecule has 94 valence electrons. The number of aliphatic hydroxyl groups is 2. The van der Waals surface area contributed by atoms with Crippen molar-refractivity contribution in [3.8, 4) is 0 Å². The first-order valence-electron chi connectivity index (χ1n) is 6.13. The summed E-state index contributed by atoms with van der Waals surface area (Å²) >= 11 is 0. The van der Waals surface area contributed by atoms with Gasteiger partial charge in [0.2, 0.25) is 0 Å². The van der Waals surface area contributed by atoms with E-state index in [0.29, 0.717) is 12.8 Å². The summed E-state index contributed by atoms with van der Waals surface area (Å²) < 4.78 is 0. The summed E-state index contributed by atoms with van der Waals surface area (Å²) in [4.78, 5) is 2.23. The predicted molar refractivity (Wildman–Crippen MR) is 68.9 cm³/mol. The lowest BCUT2D eigenvalue weighted by Gasteiger charge is -2.30. The fraction of sp³-hybridized carbons (Fsp3) is 0.538. The van der Waals surface area contributed by atoms with Crippen LogP contribution in [0.1, 0.15) is 19.3 Å². The molecular weight excluding hydrogens is 216 g/mol. The van der Waals surface area contributed by atoms with E-state index in [9.17, 15) is 10.2 Å². The molecule has 0 bridgehead atoms. The van der Waals surface area contributed by atoms with Gasteiger partial charge in [0.1, 0.15) is 0 Å². The van der Waals surface area contributed by atoms with Gasteiger partial charge in [-0.2, -0.15) is 0 Å². The van der Waals surface area contributed by atoms with Crippen LogP contribution in [0, 0.1) is 0 Å². The zero-order valence-electron chi connectivity index (χ0n) is 9.92. The molecule has 1 aromatic rings. The van der Waals surface area contributed by atoms with Gasteiger partial charge in [-0.15, -0.1) is 0 Å². The van der Waals surface area contributed by atoms with Crippen molar-refractivity contribution in [3.05, 3.63) is 24.3 Å². The second kappa shape index (κ2) is 5.38. The molecule has 2 rings (SSSR count). The molecule has 17 heavy (non-hydrogen) atoms. The van der Waals surface area contributed by atoms with Gasteiger partial charge < -0.3 is 20.8 Å². The molecule has 0 saturated carbocycles. The largest absolute Gasteiger partial charge is 0.399 e. The van der Waals surface area contributed by atoms with Gasteiger partial charge in [-0.1, -0.05) is 0 Å². The van der Waals surface area contributed by atoms with Crippen LogP contribution in [0.5, 0.6) is 0 Å². The van der Waals surface area contributed by atoms with Crippen molar-refractivity contribution < 1.29 is 10.2 Å². The first-order valence-corrected chi connectivity index (χ1v) is 6.13. The quantitative estimate of drug-likeness (QED) is 0.636. The van der Waals surface area contributed by atoms with Crippen LogP contribution in [-0.4, -0.2) is 35.5 Å². The van der Waals surface area contributed by atoms with Crippen molar-refractivity contribution >= 4 is 11.4 Å². The molecule has 4 N–H and O–H groups in total. The van der Waals surface area contributed by atoms with Crippen LogP contribution < -0.4 is 10.6 Å². The average molecular weight is 236 g/mol. The summed E-state index contributed by atoms with van der Waals surface area (Å²) in [6, 6.07) is 7.78. The van der Waals surface area contributed by atoms with Crippen molar-refractivity contribution in [2.45, 2.75) is 31.5 Å². The molecule has 1 aliphatic heterocycles. The van der Waals surface area contributed by atoms with Gasteiger partial charge in [0, 0.05) is 24.5 Å².